The van der Waals surface area contributed by atoms with Crippen molar-refractivity contribution in [1.82, 2.24) is 9.88 Å². The fraction of sp³-hybridized carbons (Fsp3) is 0.522. The summed E-state index contributed by atoms with van der Waals surface area (Å²) in [4.78, 5) is 32.8. The second-order valence-corrected chi connectivity index (χ2v) is 8.12. The maximum Gasteiger partial charge on any atom is 0.339 e. The van der Waals surface area contributed by atoms with Crippen LogP contribution >= 0.6 is 0 Å². The first-order valence-electron chi connectivity index (χ1n) is 10.8. The molecule has 1 amide bonds. The smallest absolute Gasteiger partial charge is 0.339 e. The average molecular weight is 412 g/mol. The number of aryl methyl sites for hydroxylation is 1. The Morgan fingerprint density at radius 2 is 1.93 bits per heavy atom. The van der Waals surface area contributed by atoms with Gasteiger partial charge in [0.05, 0.1) is 12.2 Å². The summed E-state index contributed by atoms with van der Waals surface area (Å²) in [6, 6.07) is 7.64. The van der Waals surface area contributed by atoms with Crippen molar-refractivity contribution in [2.24, 2.45) is 5.92 Å². The standard InChI is InChI=1S/C23H29N3O4/c1-3-29-23(28)17-4-8-21(24-15-17)25-10-12-26(13-11-25)22(27)9-6-18-5-7-20(30-18)19-14-16(19)2/h4-5,7-8,15-16,19H,3,6,9-14H2,1-2H3. The van der Waals surface area contributed by atoms with Crippen LogP contribution in [-0.4, -0.2) is 54.5 Å². The quantitative estimate of drug-likeness (QED) is 0.651. The van der Waals surface area contributed by atoms with E-state index in [1.807, 2.05) is 17.0 Å². The van der Waals surface area contributed by atoms with Crippen LogP contribution < -0.4 is 4.90 Å². The van der Waals surface area contributed by atoms with Gasteiger partial charge in [-0.2, -0.15) is 0 Å². The van der Waals surface area contributed by atoms with Crippen molar-refractivity contribution in [3.05, 3.63) is 47.5 Å². The zero-order valence-corrected chi connectivity index (χ0v) is 17.7. The highest BCUT2D eigenvalue weighted by Gasteiger charge is 2.36. The molecule has 0 spiro atoms. The van der Waals surface area contributed by atoms with Crippen LogP contribution in [-0.2, 0) is 16.0 Å². The Balaban J connectivity index is 1.23. The van der Waals surface area contributed by atoms with Crippen LogP contribution in [0.1, 0.15) is 54.5 Å². The lowest BCUT2D eigenvalue weighted by Crippen LogP contribution is -2.49. The second-order valence-electron chi connectivity index (χ2n) is 8.12. The Labute approximate surface area is 177 Å². The SMILES string of the molecule is CCOC(=O)c1ccc(N2CCN(C(=O)CCc3ccc(C4CC4C)o3)CC2)nc1. The molecule has 2 aromatic rings. The van der Waals surface area contributed by atoms with Gasteiger partial charge in [0.15, 0.2) is 0 Å². The molecule has 0 radical (unpaired) electrons. The van der Waals surface area contributed by atoms with E-state index in [1.54, 1.807) is 19.2 Å². The molecule has 4 rings (SSSR count). The predicted molar refractivity (Wildman–Crippen MR) is 113 cm³/mol. The number of ether oxygens (including phenoxy) is 1. The molecule has 0 N–H and O–H groups in total. The number of carbonyl (C=O) groups excluding carboxylic acids is 2. The highest BCUT2D eigenvalue weighted by molar-refractivity contribution is 5.89. The fourth-order valence-corrected chi connectivity index (χ4v) is 3.93. The van der Waals surface area contributed by atoms with Gasteiger partial charge in [0.1, 0.15) is 17.3 Å². The lowest BCUT2D eigenvalue weighted by Gasteiger charge is -2.35. The van der Waals surface area contributed by atoms with Gasteiger partial charge in [-0.1, -0.05) is 6.92 Å². The number of esters is 1. The number of piperazine rings is 1. The number of furan rings is 1. The number of hydrogen-bond acceptors (Lipinski definition) is 6. The summed E-state index contributed by atoms with van der Waals surface area (Å²) in [6.07, 6.45) is 3.87. The lowest BCUT2D eigenvalue weighted by molar-refractivity contribution is -0.131. The van der Waals surface area contributed by atoms with Gasteiger partial charge >= 0.3 is 5.97 Å². The van der Waals surface area contributed by atoms with Gasteiger partial charge in [-0.15, -0.1) is 0 Å². The highest BCUT2D eigenvalue weighted by atomic mass is 16.5. The Kier molecular flexibility index (Phi) is 6.06. The lowest BCUT2D eigenvalue weighted by atomic mass is 10.2. The van der Waals surface area contributed by atoms with Gasteiger partial charge < -0.3 is 19.0 Å². The minimum atomic E-state index is -0.359. The molecule has 2 unspecified atom stereocenters. The van der Waals surface area contributed by atoms with Gasteiger partial charge in [0, 0.05) is 51.1 Å². The van der Waals surface area contributed by atoms with Crippen LogP contribution in [0, 0.1) is 5.92 Å². The third-order valence-corrected chi connectivity index (χ3v) is 5.96. The molecule has 1 saturated carbocycles. The van der Waals surface area contributed by atoms with E-state index in [0.717, 1.165) is 36.3 Å². The van der Waals surface area contributed by atoms with Gasteiger partial charge in [0.25, 0.3) is 0 Å². The van der Waals surface area contributed by atoms with Crippen molar-refractivity contribution in [1.29, 1.82) is 0 Å². The van der Waals surface area contributed by atoms with Gasteiger partial charge in [-0.25, -0.2) is 9.78 Å². The molecule has 0 bridgehead atoms. The molecule has 1 aliphatic heterocycles. The molecule has 0 aromatic carbocycles. The number of hydrogen-bond donors (Lipinski definition) is 0. The molecule has 160 valence electrons. The molecule has 1 aliphatic carbocycles. The van der Waals surface area contributed by atoms with E-state index >= 15 is 0 Å². The summed E-state index contributed by atoms with van der Waals surface area (Å²) < 4.78 is 10.9. The van der Waals surface area contributed by atoms with E-state index in [4.69, 9.17) is 9.15 Å². The van der Waals surface area contributed by atoms with Crippen LogP contribution in [0.15, 0.2) is 34.9 Å². The topological polar surface area (TPSA) is 75.9 Å². The van der Waals surface area contributed by atoms with Crippen molar-refractivity contribution in [3.63, 3.8) is 0 Å². The van der Waals surface area contributed by atoms with E-state index in [0.29, 0.717) is 44.0 Å². The van der Waals surface area contributed by atoms with Crippen LogP contribution in [0.5, 0.6) is 0 Å². The maximum absolute atomic E-state index is 12.6. The zero-order valence-electron chi connectivity index (χ0n) is 17.7. The third-order valence-electron chi connectivity index (χ3n) is 5.96. The number of rotatable bonds is 7. The summed E-state index contributed by atoms with van der Waals surface area (Å²) in [5, 5.41) is 0. The minimum absolute atomic E-state index is 0.165. The van der Waals surface area contributed by atoms with Crippen molar-refractivity contribution in [2.45, 2.75) is 39.0 Å². The molecule has 2 atom stereocenters. The van der Waals surface area contributed by atoms with Crippen LogP contribution in [0.25, 0.3) is 0 Å². The highest BCUT2D eigenvalue weighted by Crippen LogP contribution is 2.47. The summed E-state index contributed by atoms with van der Waals surface area (Å²) in [5.74, 6) is 3.88. The molecule has 7 nitrogen and oxygen atoms in total. The summed E-state index contributed by atoms with van der Waals surface area (Å²) in [7, 11) is 0. The van der Waals surface area contributed by atoms with E-state index in [1.165, 1.54) is 6.42 Å². The van der Waals surface area contributed by atoms with E-state index in [9.17, 15) is 9.59 Å². The average Bonchev–Trinajstić information content (AvgIpc) is 3.31. The Hall–Kier alpha value is -2.83. The van der Waals surface area contributed by atoms with Crippen molar-refractivity contribution in [2.75, 3.05) is 37.7 Å². The third kappa shape index (κ3) is 4.66. The monoisotopic (exact) mass is 411 g/mol. The number of amides is 1. The van der Waals surface area contributed by atoms with Gasteiger partial charge in [-0.05, 0) is 43.5 Å². The normalized spacial score (nSPS) is 20.9. The van der Waals surface area contributed by atoms with Gasteiger partial charge in [-0.3, -0.25) is 4.79 Å². The summed E-state index contributed by atoms with van der Waals surface area (Å²) in [5.41, 5.74) is 0.451. The number of nitrogens with zero attached hydrogens (tertiary/aromatic N) is 3. The summed E-state index contributed by atoms with van der Waals surface area (Å²) >= 11 is 0. The van der Waals surface area contributed by atoms with Crippen molar-refractivity contribution >= 4 is 17.7 Å². The van der Waals surface area contributed by atoms with E-state index < -0.39 is 0 Å². The molecule has 1 saturated heterocycles. The van der Waals surface area contributed by atoms with Crippen molar-refractivity contribution < 1.29 is 18.7 Å². The zero-order chi connectivity index (χ0) is 21.1. The van der Waals surface area contributed by atoms with Crippen LogP contribution in [0.3, 0.4) is 0 Å². The van der Waals surface area contributed by atoms with Gasteiger partial charge in [0.2, 0.25) is 5.91 Å². The molecular formula is C23H29N3O4. The molecule has 7 heteroatoms. The largest absolute Gasteiger partial charge is 0.466 e. The number of anilines is 1. The molecule has 3 heterocycles. The number of carbonyl (C=O) groups is 2. The Morgan fingerprint density at radius 3 is 2.57 bits per heavy atom. The van der Waals surface area contributed by atoms with Crippen molar-refractivity contribution in [3.8, 4) is 0 Å². The first kappa shape index (κ1) is 20.4. The van der Waals surface area contributed by atoms with E-state index in [-0.39, 0.29) is 11.9 Å². The molecule has 2 aliphatic rings. The first-order valence-corrected chi connectivity index (χ1v) is 10.8. The number of aromatic nitrogens is 1. The molecule has 2 aromatic heterocycles. The predicted octanol–water partition coefficient (Wildman–Crippen LogP) is 3.26. The second kappa shape index (κ2) is 8.90. The van der Waals surface area contributed by atoms with E-state index in [2.05, 4.69) is 22.9 Å². The van der Waals surface area contributed by atoms with Crippen LogP contribution in [0.2, 0.25) is 0 Å². The fourth-order valence-electron chi connectivity index (χ4n) is 3.93. The minimum Gasteiger partial charge on any atom is -0.466 e. The Bertz CT molecular complexity index is 884. The van der Waals surface area contributed by atoms with Crippen LogP contribution in [0.4, 0.5) is 5.82 Å². The summed E-state index contributed by atoms with van der Waals surface area (Å²) in [6.45, 7) is 7.15. The molecule has 30 heavy (non-hydrogen) atoms. The molecule has 2 fully saturated rings. The first-order chi connectivity index (χ1) is 14.5. The number of pyridine rings is 1. The maximum atomic E-state index is 12.6. The molecular weight excluding hydrogens is 382 g/mol. The Morgan fingerprint density at radius 1 is 1.17 bits per heavy atom.